The first kappa shape index (κ1) is 24.5. The predicted molar refractivity (Wildman–Crippen MR) is 138 cm³/mol. The molecule has 33 heavy (non-hydrogen) atoms. The number of halogens is 1. The van der Waals surface area contributed by atoms with E-state index in [0.717, 1.165) is 46.8 Å². The fraction of sp³-hybridized carbons (Fsp3) is 0.360. The Morgan fingerprint density at radius 1 is 1.36 bits per heavy atom. The van der Waals surface area contributed by atoms with Crippen molar-refractivity contribution in [2.24, 2.45) is 26.8 Å². The molecule has 1 aromatic carbocycles. The van der Waals surface area contributed by atoms with Gasteiger partial charge in [0, 0.05) is 43.7 Å². The van der Waals surface area contributed by atoms with E-state index in [9.17, 15) is 0 Å². The van der Waals surface area contributed by atoms with Gasteiger partial charge in [-0.05, 0) is 61.9 Å². The van der Waals surface area contributed by atoms with Crippen LogP contribution in [0.1, 0.15) is 36.9 Å². The van der Waals surface area contributed by atoms with Crippen molar-refractivity contribution in [3.63, 3.8) is 0 Å². The van der Waals surface area contributed by atoms with Gasteiger partial charge in [0.25, 0.3) is 0 Å². The molecule has 1 aliphatic carbocycles. The number of nitrogens with zero attached hydrogens (tertiary/aromatic N) is 6. The first-order valence-electron chi connectivity index (χ1n) is 11.0. The van der Waals surface area contributed by atoms with Gasteiger partial charge in [-0.2, -0.15) is 10.2 Å². The lowest BCUT2D eigenvalue weighted by atomic mass is 9.93. The Morgan fingerprint density at radius 2 is 2.03 bits per heavy atom. The second-order valence-corrected chi connectivity index (χ2v) is 8.52. The van der Waals surface area contributed by atoms with Crippen molar-refractivity contribution in [3.05, 3.63) is 75.9 Å². The summed E-state index contributed by atoms with van der Waals surface area (Å²) in [7, 11) is 3.79. The molecule has 1 saturated carbocycles. The van der Waals surface area contributed by atoms with E-state index in [-0.39, 0.29) is 6.04 Å². The average Bonchev–Trinajstić information content (AvgIpc) is 3.66. The molecule has 2 N–H and O–H groups in total. The second kappa shape index (κ2) is 10.6. The van der Waals surface area contributed by atoms with Crippen LogP contribution in [-0.2, 0) is 6.54 Å². The maximum Gasteiger partial charge on any atom is 0.174 e. The molecule has 1 aliphatic rings. The number of allylic oxidation sites excluding steroid dienone is 2. The largest absolute Gasteiger partial charge is 0.401 e. The van der Waals surface area contributed by atoms with Crippen molar-refractivity contribution in [3.8, 4) is 0 Å². The van der Waals surface area contributed by atoms with Crippen LogP contribution in [0.5, 0.6) is 0 Å². The lowest BCUT2D eigenvalue weighted by molar-refractivity contribution is 0.588. The van der Waals surface area contributed by atoms with Gasteiger partial charge in [0.1, 0.15) is 5.82 Å². The molecule has 0 spiro atoms. The first-order chi connectivity index (χ1) is 15.9. The molecule has 0 bridgehead atoms. The average molecular weight is 466 g/mol. The smallest absolute Gasteiger partial charge is 0.174 e. The number of nitrogens with two attached hydrogens (primary N) is 1. The zero-order valence-corrected chi connectivity index (χ0v) is 20.5. The molecule has 1 aromatic heterocycles. The van der Waals surface area contributed by atoms with E-state index in [1.54, 1.807) is 7.05 Å². The summed E-state index contributed by atoms with van der Waals surface area (Å²) in [5.41, 5.74) is 11.8. The van der Waals surface area contributed by atoms with E-state index in [4.69, 9.17) is 27.4 Å². The van der Waals surface area contributed by atoms with E-state index >= 15 is 0 Å². The molecule has 7 nitrogen and oxygen atoms in total. The Hall–Kier alpha value is -3.19. The van der Waals surface area contributed by atoms with Crippen molar-refractivity contribution in [1.82, 2.24) is 9.78 Å². The first-order valence-corrected chi connectivity index (χ1v) is 11.4. The molecule has 0 saturated heterocycles. The minimum absolute atomic E-state index is 0.255. The van der Waals surface area contributed by atoms with E-state index in [1.807, 2.05) is 62.0 Å². The molecule has 174 valence electrons. The number of hydrogen-bond acceptors (Lipinski definition) is 6. The third kappa shape index (κ3) is 5.25. The van der Waals surface area contributed by atoms with Crippen LogP contribution in [0.2, 0.25) is 5.02 Å². The van der Waals surface area contributed by atoms with Gasteiger partial charge < -0.3 is 10.6 Å². The van der Waals surface area contributed by atoms with E-state index in [1.165, 1.54) is 0 Å². The van der Waals surface area contributed by atoms with Gasteiger partial charge in [-0.15, -0.1) is 5.10 Å². The Morgan fingerprint density at radius 3 is 2.55 bits per heavy atom. The molecule has 3 rings (SSSR count). The van der Waals surface area contributed by atoms with E-state index in [2.05, 4.69) is 28.4 Å². The van der Waals surface area contributed by atoms with Crippen LogP contribution in [0.25, 0.3) is 0 Å². The fourth-order valence-electron chi connectivity index (χ4n) is 3.97. The number of aliphatic imine (C=N–C) groups is 1. The molecule has 2 aromatic rings. The van der Waals surface area contributed by atoms with Crippen LogP contribution < -0.4 is 16.1 Å². The van der Waals surface area contributed by atoms with Gasteiger partial charge >= 0.3 is 0 Å². The predicted octanol–water partition coefficient (Wildman–Crippen LogP) is 4.44. The number of benzene rings is 1. The number of aryl methyl sites for hydroxylation is 2. The summed E-state index contributed by atoms with van der Waals surface area (Å²) in [5.74, 6) is 1.16. The van der Waals surface area contributed by atoms with Crippen LogP contribution in [0, 0.1) is 12.8 Å². The maximum absolute atomic E-state index is 6.55. The van der Waals surface area contributed by atoms with Crippen molar-refractivity contribution in [2.45, 2.75) is 39.3 Å². The third-order valence-corrected chi connectivity index (χ3v) is 6.13. The molecular formula is C25H32ClN7. The van der Waals surface area contributed by atoms with Gasteiger partial charge in [-0.25, -0.2) is 4.68 Å². The summed E-state index contributed by atoms with van der Waals surface area (Å²) < 4.78 is 1.82. The zero-order valence-electron chi connectivity index (χ0n) is 19.8. The van der Waals surface area contributed by atoms with Gasteiger partial charge in [0.2, 0.25) is 0 Å². The third-order valence-electron chi connectivity index (χ3n) is 5.87. The topological polar surface area (TPSA) is 84.2 Å². The quantitative estimate of drug-likeness (QED) is 0.337. The highest BCUT2D eigenvalue weighted by Crippen LogP contribution is 2.38. The summed E-state index contributed by atoms with van der Waals surface area (Å²) in [6.07, 6.45) is 4.01. The van der Waals surface area contributed by atoms with Crippen LogP contribution in [-0.4, -0.2) is 36.3 Å². The molecule has 8 heteroatoms. The second-order valence-electron chi connectivity index (χ2n) is 8.09. The number of anilines is 1. The summed E-state index contributed by atoms with van der Waals surface area (Å²) in [4.78, 5) is 6.80. The van der Waals surface area contributed by atoms with Crippen molar-refractivity contribution in [2.75, 3.05) is 19.0 Å². The Labute approximate surface area is 200 Å². The highest BCUT2D eigenvalue weighted by molar-refractivity contribution is 6.30. The highest BCUT2D eigenvalue weighted by Gasteiger charge is 2.32. The summed E-state index contributed by atoms with van der Waals surface area (Å²) >= 11 is 6.19. The molecular weight excluding hydrogens is 434 g/mol. The van der Waals surface area contributed by atoms with Crippen molar-refractivity contribution < 1.29 is 0 Å². The van der Waals surface area contributed by atoms with Crippen LogP contribution >= 0.6 is 11.6 Å². The minimum Gasteiger partial charge on any atom is -0.401 e. The monoisotopic (exact) mass is 465 g/mol. The molecule has 0 aliphatic heterocycles. The standard InChI is InChI=1S/C25H32ClN7/c1-7-20(22(27)17-9-10-17)23(28-4)24(18-11-13-19(26)14-12-18)32(6)21-15-16(3)25(30-29-5)33(8-2)31-21/h7,11-15,17,24H,1,5,8-10,27H2,2-4,6H3/b22-20?,28-23?,30-25-. The lowest BCUT2D eigenvalue weighted by Gasteiger charge is -2.32. The van der Waals surface area contributed by atoms with Gasteiger partial charge in [0.15, 0.2) is 5.49 Å². The Kier molecular flexibility index (Phi) is 7.87. The Balaban J connectivity index is 2.20. The van der Waals surface area contributed by atoms with Crippen molar-refractivity contribution >= 4 is 29.8 Å². The minimum atomic E-state index is -0.255. The molecule has 0 amide bonds. The Bertz CT molecular complexity index is 1150. The normalized spacial score (nSPS) is 16.3. The molecule has 1 fully saturated rings. The molecule has 1 unspecified atom stereocenters. The lowest BCUT2D eigenvalue weighted by Crippen LogP contribution is -2.36. The van der Waals surface area contributed by atoms with Crippen molar-refractivity contribution in [1.29, 1.82) is 0 Å². The number of rotatable bonds is 9. The molecule has 1 heterocycles. The van der Waals surface area contributed by atoms with Gasteiger partial charge in [0.05, 0.1) is 11.8 Å². The van der Waals surface area contributed by atoms with Crippen LogP contribution in [0.3, 0.4) is 0 Å². The van der Waals surface area contributed by atoms with Gasteiger partial charge in [-0.3, -0.25) is 4.99 Å². The van der Waals surface area contributed by atoms with Crippen LogP contribution in [0.15, 0.2) is 69.5 Å². The molecule has 1 atom stereocenters. The number of hydrogen-bond donors (Lipinski definition) is 1. The molecule has 0 radical (unpaired) electrons. The van der Waals surface area contributed by atoms with Gasteiger partial charge in [-0.1, -0.05) is 36.4 Å². The van der Waals surface area contributed by atoms with E-state index < -0.39 is 0 Å². The fourth-order valence-corrected chi connectivity index (χ4v) is 4.09. The maximum atomic E-state index is 6.55. The summed E-state index contributed by atoms with van der Waals surface area (Å²) in [6.45, 7) is 12.2. The summed E-state index contributed by atoms with van der Waals surface area (Å²) in [6, 6.07) is 9.53. The SMILES string of the molecule is C=CC(C(=NC)C(c1ccc(Cl)cc1)N(C)c1cc(C)/c(=N/N=C)n(CC)n1)=C(N)C1CC1. The highest BCUT2D eigenvalue weighted by atomic mass is 35.5. The zero-order chi connectivity index (χ0) is 24.1. The summed E-state index contributed by atoms with van der Waals surface area (Å²) in [5, 5.41) is 13.4. The number of aromatic nitrogens is 2. The van der Waals surface area contributed by atoms with Crippen LogP contribution in [0.4, 0.5) is 5.82 Å². The van der Waals surface area contributed by atoms with E-state index in [0.29, 0.717) is 23.0 Å².